The summed E-state index contributed by atoms with van der Waals surface area (Å²) in [7, 11) is 1.60. The molecule has 0 bridgehead atoms. The third kappa shape index (κ3) is 3.61. The predicted octanol–water partition coefficient (Wildman–Crippen LogP) is 1.86. The number of benzene rings is 1. The van der Waals surface area contributed by atoms with Crippen molar-refractivity contribution in [1.29, 1.82) is 0 Å². The van der Waals surface area contributed by atoms with Crippen LogP contribution in [0.1, 0.15) is 32.4 Å². The second kappa shape index (κ2) is 5.89. The number of hydrogen-bond donors (Lipinski definition) is 2. The van der Waals surface area contributed by atoms with Gasteiger partial charge in [0.15, 0.2) is 0 Å². The Bertz CT molecular complexity index is 364. The van der Waals surface area contributed by atoms with Crippen molar-refractivity contribution in [3.8, 4) is 11.5 Å². The molecule has 0 aromatic heterocycles. The van der Waals surface area contributed by atoms with Gasteiger partial charge in [0.2, 0.25) is 0 Å². The highest BCUT2D eigenvalue weighted by Gasteiger charge is 2.15. The van der Waals surface area contributed by atoms with Crippen molar-refractivity contribution in [3.05, 3.63) is 23.8 Å². The molecule has 0 aliphatic heterocycles. The summed E-state index contributed by atoms with van der Waals surface area (Å²) in [5.41, 5.74) is 6.78. The quantitative estimate of drug-likeness (QED) is 0.823. The minimum Gasteiger partial charge on any atom is -0.497 e. The van der Waals surface area contributed by atoms with Crippen molar-refractivity contribution >= 4 is 0 Å². The molecule has 3 atom stereocenters. The molecule has 0 heterocycles. The number of nitrogens with two attached hydrogens (primary N) is 1. The van der Waals surface area contributed by atoms with Crippen LogP contribution in [0.15, 0.2) is 18.2 Å². The minimum atomic E-state index is -0.540. The molecule has 1 aromatic rings. The molecular formula is C13H21NO3. The summed E-state index contributed by atoms with van der Waals surface area (Å²) in [5.74, 6) is 1.37. The number of aliphatic hydroxyl groups is 1. The van der Waals surface area contributed by atoms with E-state index in [1.54, 1.807) is 20.1 Å². The number of aliphatic hydroxyl groups excluding tert-OH is 1. The summed E-state index contributed by atoms with van der Waals surface area (Å²) >= 11 is 0. The molecule has 0 radical (unpaired) electrons. The van der Waals surface area contributed by atoms with E-state index in [1.165, 1.54) is 0 Å². The highest BCUT2D eigenvalue weighted by molar-refractivity contribution is 5.42. The molecule has 0 spiro atoms. The summed E-state index contributed by atoms with van der Waals surface area (Å²) in [6.45, 7) is 5.40. The van der Waals surface area contributed by atoms with E-state index in [-0.39, 0.29) is 12.1 Å². The lowest BCUT2D eigenvalue weighted by molar-refractivity contribution is 0.0595. The molecule has 3 unspecified atom stereocenters. The lowest BCUT2D eigenvalue weighted by Gasteiger charge is -2.21. The Labute approximate surface area is 102 Å². The monoisotopic (exact) mass is 239 g/mol. The highest BCUT2D eigenvalue weighted by Crippen LogP contribution is 2.29. The normalized spacial score (nSPS) is 16.1. The van der Waals surface area contributed by atoms with Crippen LogP contribution in [-0.2, 0) is 0 Å². The number of ether oxygens (including phenoxy) is 2. The van der Waals surface area contributed by atoms with E-state index in [4.69, 9.17) is 15.2 Å². The van der Waals surface area contributed by atoms with Crippen LogP contribution in [0.3, 0.4) is 0 Å². The van der Waals surface area contributed by atoms with E-state index in [1.807, 2.05) is 26.0 Å². The van der Waals surface area contributed by atoms with Crippen LogP contribution in [0, 0.1) is 0 Å². The maximum absolute atomic E-state index is 9.45. The van der Waals surface area contributed by atoms with Crippen LogP contribution in [0.2, 0.25) is 0 Å². The summed E-state index contributed by atoms with van der Waals surface area (Å²) in [6.07, 6.45) is -0.832. The smallest absolute Gasteiger partial charge is 0.128 e. The molecule has 4 nitrogen and oxygen atoms in total. The Morgan fingerprint density at radius 2 is 1.88 bits per heavy atom. The van der Waals surface area contributed by atoms with E-state index in [0.717, 1.165) is 5.56 Å². The molecule has 96 valence electrons. The summed E-state index contributed by atoms with van der Waals surface area (Å²) in [5, 5.41) is 9.45. The molecule has 3 N–H and O–H groups in total. The van der Waals surface area contributed by atoms with Gasteiger partial charge < -0.3 is 20.3 Å². The highest BCUT2D eigenvalue weighted by atomic mass is 16.5. The maximum atomic E-state index is 9.45. The van der Waals surface area contributed by atoms with Crippen LogP contribution in [-0.4, -0.2) is 24.4 Å². The predicted molar refractivity (Wildman–Crippen MR) is 67.4 cm³/mol. The van der Waals surface area contributed by atoms with Crippen molar-refractivity contribution in [1.82, 2.24) is 0 Å². The van der Waals surface area contributed by atoms with Crippen LogP contribution >= 0.6 is 0 Å². The summed E-state index contributed by atoms with van der Waals surface area (Å²) in [6, 6.07) is 5.39. The summed E-state index contributed by atoms with van der Waals surface area (Å²) < 4.78 is 10.8. The topological polar surface area (TPSA) is 64.7 Å². The lowest BCUT2D eigenvalue weighted by atomic mass is 10.1. The molecule has 0 saturated carbocycles. The SMILES string of the molecule is COc1ccc(C(C)N)c(OC(C)C(C)O)c1. The number of rotatable bonds is 5. The van der Waals surface area contributed by atoms with Gasteiger partial charge in [-0.25, -0.2) is 0 Å². The summed E-state index contributed by atoms with van der Waals surface area (Å²) in [4.78, 5) is 0. The van der Waals surface area contributed by atoms with Crippen LogP contribution in [0.25, 0.3) is 0 Å². The van der Waals surface area contributed by atoms with Gasteiger partial charge in [-0.3, -0.25) is 0 Å². The third-order valence-corrected chi connectivity index (χ3v) is 2.70. The fourth-order valence-electron chi connectivity index (χ4n) is 1.42. The molecule has 0 fully saturated rings. The van der Waals surface area contributed by atoms with Crippen LogP contribution < -0.4 is 15.2 Å². The fourth-order valence-corrected chi connectivity index (χ4v) is 1.42. The molecule has 0 aliphatic rings. The molecular weight excluding hydrogens is 218 g/mol. The zero-order valence-electron chi connectivity index (χ0n) is 10.8. The first kappa shape index (κ1) is 13.8. The van der Waals surface area contributed by atoms with Gasteiger partial charge in [-0.05, 0) is 26.8 Å². The zero-order valence-corrected chi connectivity index (χ0v) is 10.8. The molecule has 17 heavy (non-hydrogen) atoms. The Kier molecular flexibility index (Phi) is 4.78. The first-order valence-electron chi connectivity index (χ1n) is 5.74. The van der Waals surface area contributed by atoms with E-state index in [9.17, 15) is 5.11 Å². The molecule has 4 heteroatoms. The Balaban J connectivity index is 3.00. The van der Waals surface area contributed by atoms with Crippen LogP contribution in [0.4, 0.5) is 0 Å². The largest absolute Gasteiger partial charge is 0.497 e. The Hall–Kier alpha value is -1.26. The van der Waals surface area contributed by atoms with Crippen LogP contribution in [0.5, 0.6) is 11.5 Å². The number of methoxy groups -OCH3 is 1. The van der Waals surface area contributed by atoms with Gasteiger partial charge in [-0.1, -0.05) is 6.07 Å². The first-order valence-corrected chi connectivity index (χ1v) is 5.74. The first-order chi connectivity index (χ1) is 7.95. The van der Waals surface area contributed by atoms with Gasteiger partial charge in [0.05, 0.1) is 13.2 Å². The maximum Gasteiger partial charge on any atom is 0.128 e. The number of hydrogen-bond acceptors (Lipinski definition) is 4. The lowest BCUT2D eigenvalue weighted by Crippen LogP contribution is -2.26. The van der Waals surface area contributed by atoms with Crippen molar-refractivity contribution in [2.24, 2.45) is 5.73 Å². The van der Waals surface area contributed by atoms with Gasteiger partial charge in [0.25, 0.3) is 0 Å². The Morgan fingerprint density at radius 1 is 1.24 bits per heavy atom. The molecule has 0 aliphatic carbocycles. The van der Waals surface area contributed by atoms with Gasteiger partial charge >= 0.3 is 0 Å². The average Bonchev–Trinajstić information content (AvgIpc) is 2.28. The second-order valence-corrected chi connectivity index (χ2v) is 4.26. The molecule has 0 saturated heterocycles. The van der Waals surface area contributed by atoms with E-state index in [0.29, 0.717) is 11.5 Å². The van der Waals surface area contributed by atoms with E-state index < -0.39 is 6.10 Å². The third-order valence-electron chi connectivity index (χ3n) is 2.70. The molecule has 0 amide bonds. The van der Waals surface area contributed by atoms with Crippen molar-refractivity contribution in [3.63, 3.8) is 0 Å². The van der Waals surface area contributed by atoms with E-state index >= 15 is 0 Å². The van der Waals surface area contributed by atoms with E-state index in [2.05, 4.69) is 0 Å². The van der Waals surface area contributed by atoms with Crippen molar-refractivity contribution < 1.29 is 14.6 Å². The second-order valence-electron chi connectivity index (χ2n) is 4.26. The van der Waals surface area contributed by atoms with Gasteiger partial charge in [-0.2, -0.15) is 0 Å². The Morgan fingerprint density at radius 3 is 2.35 bits per heavy atom. The van der Waals surface area contributed by atoms with Crippen molar-refractivity contribution in [2.75, 3.05) is 7.11 Å². The molecule has 1 rings (SSSR count). The zero-order chi connectivity index (χ0) is 13.0. The minimum absolute atomic E-state index is 0.128. The van der Waals surface area contributed by atoms with Gasteiger partial charge in [0.1, 0.15) is 17.6 Å². The average molecular weight is 239 g/mol. The van der Waals surface area contributed by atoms with Gasteiger partial charge in [-0.15, -0.1) is 0 Å². The fraction of sp³-hybridized carbons (Fsp3) is 0.538. The van der Waals surface area contributed by atoms with Gasteiger partial charge in [0, 0.05) is 17.7 Å². The standard InChI is InChI=1S/C13H21NO3/c1-8(14)12-6-5-11(16-4)7-13(12)17-10(3)9(2)15/h5-10,15H,14H2,1-4H3. The van der Waals surface area contributed by atoms with Crippen molar-refractivity contribution in [2.45, 2.75) is 39.0 Å². The molecule has 1 aromatic carbocycles.